The number of ether oxygens (including phenoxy) is 2. The van der Waals surface area contributed by atoms with Crippen LogP contribution in [0.2, 0.25) is 0 Å². The zero-order chi connectivity index (χ0) is 19.4. The number of nitro benzene ring substituents is 1. The number of benzene rings is 3. The van der Waals surface area contributed by atoms with E-state index in [9.17, 15) is 10.1 Å². The number of fused-ring (bicyclic) bond motifs is 1. The highest BCUT2D eigenvalue weighted by molar-refractivity contribution is 5.85. The van der Waals surface area contributed by atoms with E-state index in [0.717, 1.165) is 11.4 Å². The molecule has 140 valence electrons. The Hall–Kier alpha value is -3.12. The smallest absolute Gasteiger partial charge is 0.282 e. The number of quaternary nitrogens is 1. The summed E-state index contributed by atoms with van der Waals surface area (Å²) in [5.41, 5.74) is 1.88. The molecule has 0 aliphatic carbocycles. The molecule has 0 bridgehead atoms. The third-order valence-corrected chi connectivity index (χ3v) is 4.65. The van der Waals surface area contributed by atoms with Crippen LogP contribution in [0.1, 0.15) is 11.1 Å². The van der Waals surface area contributed by atoms with Crippen LogP contribution in [0.4, 0.5) is 5.69 Å². The molecule has 3 aromatic rings. The molecule has 0 radical (unpaired) electrons. The van der Waals surface area contributed by atoms with Gasteiger partial charge in [-0.2, -0.15) is 0 Å². The summed E-state index contributed by atoms with van der Waals surface area (Å²) in [5.74, 6) is 0.857. The van der Waals surface area contributed by atoms with Crippen molar-refractivity contribution in [2.24, 2.45) is 0 Å². The van der Waals surface area contributed by atoms with E-state index in [-0.39, 0.29) is 10.6 Å². The number of rotatable bonds is 7. The maximum absolute atomic E-state index is 11.5. The third kappa shape index (κ3) is 4.01. The van der Waals surface area contributed by atoms with Crippen molar-refractivity contribution >= 4 is 16.5 Å². The van der Waals surface area contributed by atoms with Crippen molar-refractivity contribution in [3.8, 4) is 11.5 Å². The first-order chi connectivity index (χ1) is 13.0. The maximum Gasteiger partial charge on any atom is 0.282 e. The fourth-order valence-corrected chi connectivity index (χ4v) is 3.38. The largest absolute Gasteiger partial charge is 0.493 e. The Morgan fingerprint density at radius 1 is 0.926 bits per heavy atom. The van der Waals surface area contributed by atoms with Gasteiger partial charge in [-0.25, -0.2) is 0 Å². The second kappa shape index (κ2) is 8.05. The molecule has 0 fully saturated rings. The lowest BCUT2D eigenvalue weighted by atomic mass is 10.0. The van der Waals surface area contributed by atoms with Gasteiger partial charge in [-0.15, -0.1) is 0 Å². The molecule has 0 amide bonds. The van der Waals surface area contributed by atoms with Gasteiger partial charge in [-0.1, -0.05) is 42.5 Å². The summed E-state index contributed by atoms with van der Waals surface area (Å²) < 4.78 is 10.5. The average Bonchev–Trinajstić information content (AvgIpc) is 2.67. The van der Waals surface area contributed by atoms with Gasteiger partial charge in [0.05, 0.1) is 37.8 Å². The van der Waals surface area contributed by atoms with Crippen LogP contribution in [-0.4, -0.2) is 26.2 Å². The topological polar surface area (TPSA) is 66.0 Å². The van der Waals surface area contributed by atoms with Crippen molar-refractivity contribution in [2.75, 3.05) is 21.3 Å². The number of nitrogens with one attached hydrogen (secondary N) is 1. The van der Waals surface area contributed by atoms with Crippen molar-refractivity contribution in [2.45, 2.75) is 13.1 Å². The first-order valence-corrected chi connectivity index (χ1v) is 8.70. The lowest BCUT2D eigenvalue weighted by molar-refractivity contribution is -0.907. The standard InChI is InChI=1S/C21H22N2O4/c1-22(13-16-9-6-8-15-7-4-5-10-18(15)16)14-17-11-20(26-2)21(27-3)12-19(17)23(24)25/h4-12H,13-14H2,1-3H3/p+1. The zero-order valence-electron chi connectivity index (χ0n) is 15.7. The van der Waals surface area contributed by atoms with Gasteiger partial charge in [-0.05, 0) is 16.8 Å². The van der Waals surface area contributed by atoms with E-state index in [1.165, 1.54) is 36.6 Å². The molecule has 3 aromatic carbocycles. The molecule has 6 heteroatoms. The highest BCUT2D eigenvalue weighted by Crippen LogP contribution is 2.34. The van der Waals surface area contributed by atoms with E-state index >= 15 is 0 Å². The van der Waals surface area contributed by atoms with E-state index in [2.05, 4.69) is 24.3 Å². The van der Waals surface area contributed by atoms with E-state index in [1.807, 2.05) is 25.2 Å². The molecule has 1 N–H and O–H groups in total. The molecule has 0 heterocycles. The Kier molecular flexibility index (Phi) is 5.57. The normalized spacial score (nSPS) is 12.0. The molecule has 27 heavy (non-hydrogen) atoms. The van der Waals surface area contributed by atoms with Crippen LogP contribution in [-0.2, 0) is 13.1 Å². The SMILES string of the molecule is COc1cc(C[NH+](C)Cc2cccc3ccccc23)c([N+](=O)[O-])cc1OC. The van der Waals surface area contributed by atoms with Crippen LogP contribution >= 0.6 is 0 Å². The molecule has 3 rings (SSSR count). The van der Waals surface area contributed by atoms with Gasteiger partial charge in [0, 0.05) is 5.56 Å². The number of nitro groups is 1. The Morgan fingerprint density at radius 2 is 1.56 bits per heavy atom. The highest BCUT2D eigenvalue weighted by Gasteiger charge is 2.22. The molecular weight excluding hydrogens is 344 g/mol. The van der Waals surface area contributed by atoms with E-state index < -0.39 is 0 Å². The summed E-state index contributed by atoms with van der Waals surface area (Å²) in [6.07, 6.45) is 0. The molecule has 0 spiro atoms. The minimum absolute atomic E-state index is 0.0462. The van der Waals surface area contributed by atoms with Crippen LogP contribution in [0.15, 0.2) is 54.6 Å². The van der Waals surface area contributed by atoms with Gasteiger partial charge >= 0.3 is 0 Å². The molecule has 0 saturated carbocycles. The number of hydrogen-bond donors (Lipinski definition) is 1. The number of hydrogen-bond acceptors (Lipinski definition) is 4. The van der Waals surface area contributed by atoms with Crippen molar-refractivity contribution in [3.05, 3.63) is 75.8 Å². The predicted octanol–water partition coefficient (Wildman–Crippen LogP) is 2.98. The van der Waals surface area contributed by atoms with Gasteiger partial charge in [0.25, 0.3) is 5.69 Å². The van der Waals surface area contributed by atoms with Crippen LogP contribution in [0.5, 0.6) is 11.5 Å². The van der Waals surface area contributed by atoms with E-state index in [4.69, 9.17) is 9.47 Å². The van der Waals surface area contributed by atoms with Gasteiger partial charge in [0.2, 0.25) is 0 Å². The third-order valence-electron chi connectivity index (χ3n) is 4.65. The number of methoxy groups -OCH3 is 2. The summed E-state index contributed by atoms with van der Waals surface area (Å²) in [6.45, 7) is 1.26. The van der Waals surface area contributed by atoms with Crippen LogP contribution in [0.3, 0.4) is 0 Å². The molecule has 0 aliphatic rings. The fraction of sp³-hybridized carbons (Fsp3) is 0.238. The lowest BCUT2D eigenvalue weighted by Crippen LogP contribution is -3.06. The van der Waals surface area contributed by atoms with Gasteiger partial charge in [0.15, 0.2) is 11.5 Å². The van der Waals surface area contributed by atoms with Crippen molar-refractivity contribution in [1.29, 1.82) is 0 Å². The van der Waals surface area contributed by atoms with E-state index in [0.29, 0.717) is 23.6 Å². The van der Waals surface area contributed by atoms with Crippen molar-refractivity contribution < 1.29 is 19.3 Å². The Morgan fingerprint density at radius 3 is 2.26 bits per heavy atom. The first kappa shape index (κ1) is 18.7. The minimum atomic E-state index is -0.373. The summed E-state index contributed by atoms with van der Waals surface area (Å²) in [6, 6.07) is 17.6. The molecule has 0 aliphatic heterocycles. The van der Waals surface area contributed by atoms with Gasteiger partial charge < -0.3 is 14.4 Å². The second-order valence-electron chi connectivity index (χ2n) is 6.54. The van der Waals surface area contributed by atoms with Crippen LogP contribution in [0.25, 0.3) is 10.8 Å². The Labute approximate surface area is 158 Å². The van der Waals surface area contributed by atoms with Crippen LogP contribution in [0, 0.1) is 10.1 Å². The summed E-state index contributed by atoms with van der Waals surface area (Å²) in [4.78, 5) is 12.3. The Bertz CT molecular complexity index is 966. The minimum Gasteiger partial charge on any atom is -0.493 e. The Balaban J connectivity index is 1.89. The van der Waals surface area contributed by atoms with Gasteiger partial charge in [0.1, 0.15) is 13.1 Å². The zero-order valence-corrected chi connectivity index (χ0v) is 15.7. The fourth-order valence-electron chi connectivity index (χ4n) is 3.38. The summed E-state index contributed by atoms with van der Waals surface area (Å²) >= 11 is 0. The average molecular weight is 367 g/mol. The number of nitrogens with zero attached hydrogens (tertiary/aromatic N) is 1. The molecule has 6 nitrogen and oxygen atoms in total. The summed E-state index contributed by atoms with van der Waals surface area (Å²) in [7, 11) is 5.03. The highest BCUT2D eigenvalue weighted by atomic mass is 16.6. The lowest BCUT2D eigenvalue weighted by Gasteiger charge is -2.17. The summed E-state index contributed by atoms with van der Waals surface area (Å²) in [5, 5.41) is 13.9. The molecular formula is C21H23N2O4+. The van der Waals surface area contributed by atoms with Crippen molar-refractivity contribution in [3.63, 3.8) is 0 Å². The first-order valence-electron chi connectivity index (χ1n) is 8.70. The molecule has 1 unspecified atom stereocenters. The van der Waals surface area contributed by atoms with Gasteiger partial charge in [-0.3, -0.25) is 10.1 Å². The van der Waals surface area contributed by atoms with Crippen LogP contribution < -0.4 is 14.4 Å². The predicted molar refractivity (Wildman–Crippen MR) is 104 cm³/mol. The quantitative estimate of drug-likeness (QED) is 0.515. The molecule has 1 atom stereocenters. The molecule has 0 saturated heterocycles. The maximum atomic E-state index is 11.5. The van der Waals surface area contributed by atoms with E-state index in [1.54, 1.807) is 6.07 Å². The monoisotopic (exact) mass is 367 g/mol. The van der Waals surface area contributed by atoms with Crippen molar-refractivity contribution in [1.82, 2.24) is 0 Å². The molecule has 0 aromatic heterocycles. The second-order valence-corrected chi connectivity index (χ2v) is 6.54.